The van der Waals surface area contributed by atoms with Crippen LogP contribution in [0.3, 0.4) is 0 Å². The first-order valence-corrected chi connectivity index (χ1v) is 10.0. The van der Waals surface area contributed by atoms with Crippen molar-refractivity contribution in [3.8, 4) is 0 Å². The van der Waals surface area contributed by atoms with Gasteiger partial charge in [-0.1, -0.05) is 29.8 Å². The zero-order valence-corrected chi connectivity index (χ0v) is 17.1. The molecule has 0 unspecified atom stereocenters. The molecular weight excluding hydrogens is 336 g/mol. The summed E-state index contributed by atoms with van der Waals surface area (Å²) in [5.74, 6) is 1.34. The van der Waals surface area contributed by atoms with Gasteiger partial charge < -0.3 is 9.32 Å². The topological polar surface area (TPSA) is 36.7 Å². The number of benzene rings is 1. The van der Waals surface area contributed by atoms with Crippen LogP contribution in [0.5, 0.6) is 0 Å². The van der Waals surface area contributed by atoms with Crippen molar-refractivity contribution in [2.45, 2.75) is 65.6 Å². The molecule has 4 heteroatoms. The van der Waals surface area contributed by atoms with E-state index in [1.807, 2.05) is 17.0 Å². The van der Waals surface area contributed by atoms with Crippen LogP contribution >= 0.6 is 0 Å². The number of hydrogen-bond donors (Lipinski definition) is 0. The second kappa shape index (κ2) is 8.30. The fourth-order valence-electron chi connectivity index (χ4n) is 3.46. The van der Waals surface area contributed by atoms with Gasteiger partial charge in [0.2, 0.25) is 0 Å². The number of carbonyl (C=O) groups is 1. The lowest BCUT2D eigenvalue weighted by molar-refractivity contribution is 0.0682. The second-order valence-corrected chi connectivity index (χ2v) is 8.63. The third-order valence-electron chi connectivity index (χ3n) is 5.31. The maximum Gasteiger partial charge on any atom is 0.289 e. The molecule has 2 aromatic rings. The highest BCUT2D eigenvalue weighted by Crippen LogP contribution is 2.23. The van der Waals surface area contributed by atoms with E-state index in [2.05, 4.69) is 56.9 Å². The van der Waals surface area contributed by atoms with Crippen molar-refractivity contribution >= 4 is 5.91 Å². The number of aryl methyl sites for hydroxylation is 1. The summed E-state index contributed by atoms with van der Waals surface area (Å²) in [5, 5.41) is 0. The molecule has 146 valence electrons. The Hall–Kier alpha value is -2.07. The predicted molar refractivity (Wildman–Crippen MR) is 109 cm³/mol. The van der Waals surface area contributed by atoms with E-state index in [0.717, 1.165) is 38.2 Å². The molecule has 1 fully saturated rings. The molecule has 2 heterocycles. The summed E-state index contributed by atoms with van der Waals surface area (Å²) in [4.78, 5) is 16.9. The van der Waals surface area contributed by atoms with Crippen LogP contribution < -0.4 is 0 Å². The fourth-order valence-corrected chi connectivity index (χ4v) is 3.46. The summed E-state index contributed by atoms with van der Waals surface area (Å²) in [6, 6.07) is 12.4. The standard InChI is InChI=1S/C23H32N2O2/c1-18-8-10-19(11-9-18)16-25(23(2,3)4)17-20-12-13-21(27-20)22(26)24-14-6-5-7-15-24/h8-13H,5-7,14-17H2,1-4H3. The third-order valence-corrected chi connectivity index (χ3v) is 5.31. The number of carbonyl (C=O) groups excluding carboxylic acids is 1. The first kappa shape index (κ1) is 19.7. The summed E-state index contributed by atoms with van der Waals surface area (Å²) in [6.07, 6.45) is 3.40. The van der Waals surface area contributed by atoms with E-state index in [9.17, 15) is 4.79 Å². The summed E-state index contributed by atoms with van der Waals surface area (Å²) in [5.41, 5.74) is 2.55. The molecule has 1 aromatic carbocycles. The van der Waals surface area contributed by atoms with E-state index in [4.69, 9.17) is 4.42 Å². The van der Waals surface area contributed by atoms with Crippen molar-refractivity contribution in [3.05, 3.63) is 59.0 Å². The lowest BCUT2D eigenvalue weighted by Gasteiger charge is -2.35. The van der Waals surface area contributed by atoms with Gasteiger partial charge in [0, 0.05) is 25.2 Å². The van der Waals surface area contributed by atoms with E-state index in [1.54, 1.807) is 0 Å². The lowest BCUT2D eigenvalue weighted by atomic mass is 10.0. The van der Waals surface area contributed by atoms with Crippen molar-refractivity contribution in [2.75, 3.05) is 13.1 Å². The minimum atomic E-state index is -0.00524. The third kappa shape index (κ3) is 5.23. The molecular formula is C23H32N2O2. The molecule has 3 rings (SSSR count). The highest BCUT2D eigenvalue weighted by atomic mass is 16.4. The second-order valence-electron chi connectivity index (χ2n) is 8.63. The Kier molecular flexibility index (Phi) is 6.05. The number of likely N-dealkylation sites (tertiary alicyclic amines) is 1. The molecule has 1 amide bonds. The molecule has 0 atom stereocenters. The number of nitrogens with zero attached hydrogens (tertiary/aromatic N) is 2. The quantitative estimate of drug-likeness (QED) is 0.744. The SMILES string of the molecule is Cc1ccc(CN(Cc2ccc(C(=O)N3CCCCC3)o2)C(C)(C)C)cc1. The Labute approximate surface area is 163 Å². The molecule has 0 aliphatic carbocycles. The van der Waals surface area contributed by atoms with E-state index in [1.165, 1.54) is 17.5 Å². The Morgan fingerprint density at radius 1 is 1.00 bits per heavy atom. The van der Waals surface area contributed by atoms with Crippen LogP contribution in [-0.2, 0) is 13.1 Å². The van der Waals surface area contributed by atoms with Crippen molar-refractivity contribution in [1.29, 1.82) is 0 Å². The molecule has 0 bridgehead atoms. The minimum absolute atomic E-state index is 0.00524. The largest absolute Gasteiger partial charge is 0.455 e. The monoisotopic (exact) mass is 368 g/mol. The van der Waals surface area contributed by atoms with Gasteiger partial charge in [-0.25, -0.2) is 0 Å². The fraction of sp³-hybridized carbons (Fsp3) is 0.522. The van der Waals surface area contributed by atoms with E-state index in [-0.39, 0.29) is 11.4 Å². The van der Waals surface area contributed by atoms with Gasteiger partial charge in [0.15, 0.2) is 5.76 Å². The van der Waals surface area contributed by atoms with Gasteiger partial charge in [-0.2, -0.15) is 0 Å². The first-order chi connectivity index (χ1) is 12.8. The Morgan fingerprint density at radius 2 is 1.67 bits per heavy atom. The molecule has 0 spiro atoms. The van der Waals surface area contributed by atoms with Crippen LogP contribution in [0.4, 0.5) is 0 Å². The predicted octanol–water partition coefficient (Wildman–Crippen LogP) is 5.01. The number of amides is 1. The number of furan rings is 1. The zero-order chi connectivity index (χ0) is 19.4. The van der Waals surface area contributed by atoms with Crippen LogP contribution in [0.2, 0.25) is 0 Å². The Balaban J connectivity index is 1.69. The first-order valence-electron chi connectivity index (χ1n) is 10.0. The van der Waals surface area contributed by atoms with Gasteiger partial charge in [-0.05, 0) is 64.7 Å². The van der Waals surface area contributed by atoms with E-state index < -0.39 is 0 Å². The van der Waals surface area contributed by atoms with Crippen molar-refractivity contribution < 1.29 is 9.21 Å². The van der Waals surface area contributed by atoms with Crippen LogP contribution in [-0.4, -0.2) is 34.3 Å². The normalized spacial score (nSPS) is 15.4. The van der Waals surface area contributed by atoms with E-state index >= 15 is 0 Å². The average molecular weight is 369 g/mol. The molecule has 1 aliphatic heterocycles. The molecule has 0 radical (unpaired) electrons. The Bertz CT molecular complexity index is 749. The summed E-state index contributed by atoms with van der Waals surface area (Å²) in [7, 11) is 0. The van der Waals surface area contributed by atoms with Gasteiger partial charge in [-0.3, -0.25) is 9.69 Å². The average Bonchev–Trinajstić information content (AvgIpc) is 3.11. The summed E-state index contributed by atoms with van der Waals surface area (Å²) < 4.78 is 5.95. The molecule has 0 saturated carbocycles. The lowest BCUT2D eigenvalue weighted by Crippen LogP contribution is -2.40. The summed E-state index contributed by atoms with van der Waals surface area (Å²) in [6.45, 7) is 12.0. The zero-order valence-electron chi connectivity index (χ0n) is 17.1. The maximum absolute atomic E-state index is 12.6. The molecule has 1 saturated heterocycles. The smallest absolute Gasteiger partial charge is 0.289 e. The van der Waals surface area contributed by atoms with Gasteiger partial charge in [0.25, 0.3) is 5.91 Å². The molecule has 0 N–H and O–H groups in total. The van der Waals surface area contributed by atoms with Gasteiger partial charge in [-0.15, -0.1) is 0 Å². The van der Waals surface area contributed by atoms with Crippen LogP contribution in [0.1, 0.15) is 67.5 Å². The van der Waals surface area contributed by atoms with Crippen molar-refractivity contribution in [3.63, 3.8) is 0 Å². The molecule has 27 heavy (non-hydrogen) atoms. The van der Waals surface area contributed by atoms with Crippen LogP contribution in [0, 0.1) is 6.92 Å². The molecule has 1 aliphatic rings. The highest BCUT2D eigenvalue weighted by molar-refractivity contribution is 5.91. The minimum Gasteiger partial charge on any atom is -0.455 e. The number of hydrogen-bond acceptors (Lipinski definition) is 3. The molecule has 4 nitrogen and oxygen atoms in total. The maximum atomic E-state index is 12.6. The van der Waals surface area contributed by atoms with Crippen LogP contribution in [0.25, 0.3) is 0 Å². The van der Waals surface area contributed by atoms with Crippen LogP contribution in [0.15, 0.2) is 40.8 Å². The summed E-state index contributed by atoms with van der Waals surface area (Å²) >= 11 is 0. The van der Waals surface area contributed by atoms with Gasteiger partial charge in [0.05, 0.1) is 6.54 Å². The molecule has 1 aromatic heterocycles. The van der Waals surface area contributed by atoms with Gasteiger partial charge in [0.1, 0.15) is 5.76 Å². The number of piperidine rings is 1. The van der Waals surface area contributed by atoms with E-state index in [0.29, 0.717) is 12.3 Å². The van der Waals surface area contributed by atoms with Gasteiger partial charge >= 0.3 is 0 Å². The van der Waals surface area contributed by atoms with Crippen molar-refractivity contribution in [2.24, 2.45) is 0 Å². The highest BCUT2D eigenvalue weighted by Gasteiger charge is 2.25. The Morgan fingerprint density at radius 3 is 2.30 bits per heavy atom. The van der Waals surface area contributed by atoms with Crippen molar-refractivity contribution in [1.82, 2.24) is 9.80 Å². The number of rotatable bonds is 5.